The standard InChI is InChI=1S/C27H24ClN2/c1-2-29(19-18-28)22-16-14-21(15-17-22)27-24-12-6-8-20-9-7-13-25(26(20)24)30(27)23-10-4-3-5-11-23/h3-17H,2,18-19H2,1H3/q+1. The molecule has 1 heterocycles. The Balaban J connectivity index is 1.71. The topological polar surface area (TPSA) is 6.25 Å². The molecule has 4 aromatic carbocycles. The van der Waals surface area contributed by atoms with E-state index >= 15 is 0 Å². The van der Waals surface area contributed by atoms with Crippen LogP contribution in [0.3, 0.4) is 0 Å². The Morgan fingerprint density at radius 3 is 2.23 bits per heavy atom. The normalized spacial score (nSPS) is 12.6. The monoisotopic (exact) mass is 411 g/mol. The maximum Gasteiger partial charge on any atom is 0.227 e. The molecular formula is C27H24ClN2+. The lowest BCUT2D eigenvalue weighted by molar-refractivity contribution is 0.870. The summed E-state index contributed by atoms with van der Waals surface area (Å²) in [5.74, 6) is 0.631. The van der Waals surface area contributed by atoms with Crippen molar-refractivity contribution in [1.82, 2.24) is 4.58 Å². The molecule has 0 saturated heterocycles. The van der Waals surface area contributed by atoms with Crippen molar-refractivity contribution in [3.8, 4) is 0 Å². The number of para-hydroxylation sites is 1. The van der Waals surface area contributed by atoms with Crippen LogP contribution in [0.1, 0.15) is 18.1 Å². The zero-order valence-electron chi connectivity index (χ0n) is 17.1. The molecule has 0 aromatic heterocycles. The van der Waals surface area contributed by atoms with Crippen molar-refractivity contribution >= 4 is 45.1 Å². The van der Waals surface area contributed by atoms with Gasteiger partial charge in [-0.1, -0.05) is 42.5 Å². The minimum atomic E-state index is 0.631. The van der Waals surface area contributed by atoms with Crippen LogP contribution in [0.4, 0.5) is 17.1 Å². The van der Waals surface area contributed by atoms with Crippen molar-refractivity contribution in [2.45, 2.75) is 6.92 Å². The van der Waals surface area contributed by atoms with Gasteiger partial charge in [0.05, 0.1) is 10.9 Å². The first-order valence-corrected chi connectivity index (χ1v) is 11.0. The number of halogens is 1. The van der Waals surface area contributed by atoms with E-state index in [1.54, 1.807) is 0 Å². The van der Waals surface area contributed by atoms with Crippen LogP contribution in [0, 0.1) is 0 Å². The van der Waals surface area contributed by atoms with E-state index in [4.69, 9.17) is 11.6 Å². The van der Waals surface area contributed by atoms with Gasteiger partial charge in [0.2, 0.25) is 17.1 Å². The SMILES string of the molecule is CCN(CCCl)c1ccc(C2=[N+](c3ccccc3)c3cccc4cccc2c34)cc1. The van der Waals surface area contributed by atoms with Crippen LogP contribution in [-0.4, -0.2) is 24.7 Å². The molecule has 0 atom stereocenters. The van der Waals surface area contributed by atoms with Gasteiger partial charge in [0.25, 0.3) is 0 Å². The van der Waals surface area contributed by atoms with Gasteiger partial charge in [-0.2, -0.15) is 4.58 Å². The third-order valence-corrected chi connectivity index (χ3v) is 6.03. The quantitative estimate of drug-likeness (QED) is 0.225. The minimum Gasteiger partial charge on any atom is -0.371 e. The zero-order chi connectivity index (χ0) is 20.5. The number of hydrogen-bond donors (Lipinski definition) is 0. The van der Waals surface area contributed by atoms with Crippen molar-refractivity contribution in [2.75, 3.05) is 23.9 Å². The van der Waals surface area contributed by atoms with Gasteiger partial charge < -0.3 is 4.90 Å². The average Bonchev–Trinajstić information content (AvgIpc) is 3.14. The van der Waals surface area contributed by atoms with Gasteiger partial charge in [0.15, 0.2) is 0 Å². The summed E-state index contributed by atoms with van der Waals surface area (Å²) in [6.45, 7) is 3.97. The third kappa shape index (κ3) is 3.09. The highest BCUT2D eigenvalue weighted by molar-refractivity contribution is 6.27. The fraction of sp³-hybridized carbons (Fsp3) is 0.148. The molecule has 0 fully saturated rings. The predicted octanol–water partition coefficient (Wildman–Crippen LogP) is 6.59. The molecule has 148 valence electrons. The third-order valence-electron chi connectivity index (χ3n) is 5.86. The molecule has 3 heteroatoms. The maximum absolute atomic E-state index is 5.99. The lowest BCUT2D eigenvalue weighted by Gasteiger charge is -2.22. The van der Waals surface area contributed by atoms with Gasteiger partial charge in [-0.25, -0.2) is 0 Å². The van der Waals surface area contributed by atoms with Crippen LogP contribution in [-0.2, 0) is 0 Å². The molecule has 0 N–H and O–H groups in total. The molecule has 0 bridgehead atoms. The first-order valence-electron chi connectivity index (χ1n) is 10.5. The minimum absolute atomic E-state index is 0.631. The lowest BCUT2D eigenvalue weighted by Crippen LogP contribution is -2.25. The summed E-state index contributed by atoms with van der Waals surface area (Å²) in [7, 11) is 0. The maximum atomic E-state index is 5.99. The second-order valence-corrected chi connectivity index (χ2v) is 7.89. The van der Waals surface area contributed by atoms with Crippen molar-refractivity contribution in [2.24, 2.45) is 0 Å². The number of alkyl halides is 1. The highest BCUT2D eigenvalue weighted by Crippen LogP contribution is 2.39. The molecule has 2 nitrogen and oxygen atoms in total. The van der Waals surface area contributed by atoms with Crippen molar-refractivity contribution < 1.29 is 0 Å². The largest absolute Gasteiger partial charge is 0.371 e. The molecule has 30 heavy (non-hydrogen) atoms. The number of benzene rings is 4. The van der Waals surface area contributed by atoms with Crippen LogP contribution in [0.25, 0.3) is 10.8 Å². The highest BCUT2D eigenvalue weighted by atomic mass is 35.5. The van der Waals surface area contributed by atoms with E-state index < -0.39 is 0 Å². The summed E-state index contributed by atoms with van der Waals surface area (Å²) >= 11 is 5.99. The van der Waals surface area contributed by atoms with Gasteiger partial charge in [-0.3, -0.25) is 0 Å². The Morgan fingerprint density at radius 2 is 1.53 bits per heavy atom. The molecule has 5 rings (SSSR count). The van der Waals surface area contributed by atoms with Crippen LogP contribution in [0.5, 0.6) is 0 Å². The van der Waals surface area contributed by atoms with E-state index in [0.29, 0.717) is 5.88 Å². The van der Waals surface area contributed by atoms with E-state index in [2.05, 4.69) is 107 Å². The Kier molecular flexibility index (Phi) is 5.02. The Hall–Kier alpha value is -3.10. The number of nitrogens with zero attached hydrogens (tertiary/aromatic N) is 2. The van der Waals surface area contributed by atoms with E-state index in [9.17, 15) is 0 Å². The highest BCUT2D eigenvalue weighted by Gasteiger charge is 2.34. The number of rotatable bonds is 6. The van der Waals surface area contributed by atoms with Crippen molar-refractivity contribution in [3.05, 3.63) is 102 Å². The molecule has 0 radical (unpaired) electrons. The second kappa shape index (κ2) is 7.97. The Labute approximate surface area is 182 Å². The zero-order valence-corrected chi connectivity index (χ0v) is 17.8. The Bertz CT molecular complexity index is 1220. The smallest absolute Gasteiger partial charge is 0.227 e. The summed E-state index contributed by atoms with van der Waals surface area (Å²) in [4.78, 5) is 2.31. The lowest BCUT2D eigenvalue weighted by atomic mass is 9.98. The summed E-state index contributed by atoms with van der Waals surface area (Å²) in [6.07, 6.45) is 0. The molecule has 1 aliphatic heterocycles. The van der Waals surface area contributed by atoms with Crippen LogP contribution >= 0.6 is 11.6 Å². The van der Waals surface area contributed by atoms with E-state index in [1.165, 1.54) is 44.7 Å². The fourth-order valence-corrected chi connectivity index (χ4v) is 4.68. The summed E-state index contributed by atoms with van der Waals surface area (Å²) in [5.41, 5.74) is 7.37. The number of hydrogen-bond acceptors (Lipinski definition) is 1. The van der Waals surface area contributed by atoms with Crippen LogP contribution < -0.4 is 9.48 Å². The molecule has 0 spiro atoms. The van der Waals surface area contributed by atoms with Crippen molar-refractivity contribution in [1.29, 1.82) is 0 Å². The van der Waals surface area contributed by atoms with Gasteiger partial charge in [-0.05, 0) is 42.6 Å². The van der Waals surface area contributed by atoms with E-state index in [-0.39, 0.29) is 0 Å². The molecule has 1 aliphatic rings. The average molecular weight is 412 g/mol. The van der Waals surface area contributed by atoms with E-state index in [0.717, 1.165) is 13.1 Å². The van der Waals surface area contributed by atoms with E-state index in [1.807, 2.05) is 0 Å². The number of anilines is 1. The predicted molar refractivity (Wildman–Crippen MR) is 130 cm³/mol. The summed E-state index contributed by atoms with van der Waals surface area (Å²) < 4.78 is 2.39. The van der Waals surface area contributed by atoms with Crippen LogP contribution in [0.15, 0.2) is 91.0 Å². The molecule has 0 aliphatic carbocycles. The molecule has 0 unspecified atom stereocenters. The summed E-state index contributed by atoms with van der Waals surface area (Å²) in [6, 6.07) is 32.7. The molecule has 4 aromatic rings. The first-order chi connectivity index (χ1) is 14.8. The van der Waals surface area contributed by atoms with Gasteiger partial charge in [0.1, 0.15) is 0 Å². The van der Waals surface area contributed by atoms with Crippen molar-refractivity contribution in [3.63, 3.8) is 0 Å². The first kappa shape index (κ1) is 18.9. The Morgan fingerprint density at radius 1 is 0.800 bits per heavy atom. The fourth-order valence-electron chi connectivity index (χ4n) is 4.48. The van der Waals surface area contributed by atoms with Gasteiger partial charge in [0, 0.05) is 48.4 Å². The molecule has 0 saturated carbocycles. The van der Waals surface area contributed by atoms with Crippen LogP contribution in [0.2, 0.25) is 0 Å². The van der Waals surface area contributed by atoms with Gasteiger partial charge in [-0.15, -0.1) is 11.6 Å². The molecular weight excluding hydrogens is 388 g/mol. The second-order valence-electron chi connectivity index (χ2n) is 7.52. The summed E-state index contributed by atoms with van der Waals surface area (Å²) in [5, 5.41) is 2.59. The van der Waals surface area contributed by atoms with Gasteiger partial charge >= 0.3 is 0 Å². The molecule has 0 amide bonds.